The van der Waals surface area contributed by atoms with Gasteiger partial charge in [0.2, 0.25) is 0 Å². The third-order valence-corrected chi connectivity index (χ3v) is 7.36. The van der Waals surface area contributed by atoms with Crippen molar-refractivity contribution in [3.05, 3.63) is 102 Å². The van der Waals surface area contributed by atoms with Gasteiger partial charge in [-0.2, -0.15) is 0 Å². The van der Waals surface area contributed by atoms with Gasteiger partial charge in [0.05, 0.1) is 4.90 Å². The van der Waals surface area contributed by atoms with Crippen molar-refractivity contribution in [3.8, 4) is 0 Å². The molecule has 0 aliphatic rings. The summed E-state index contributed by atoms with van der Waals surface area (Å²) in [5.74, 6) is -0.197. The molecule has 3 aromatic rings. The third-order valence-electron chi connectivity index (χ3n) is 4.90. The van der Waals surface area contributed by atoms with Gasteiger partial charge in [-0.3, -0.25) is 4.79 Å². The van der Waals surface area contributed by atoms with Crippen LogP contribution < -0.4 is 0 Å². The van der Waals surface area contributed by atoms with Crippen molar-refractivity contribution in [2.75, 3.05) is 0 Å². The van der Waals surface area contributed by atoms with Gasteiger partial charge in [0, 0.05) is 12.0 Å². The van der Waals surface area contributed by atoms with Crippen LogP contribution in [0.1, 0.15) is 34.8 Å². The molecule has 0 aromatic heterocycles. The number of ketones is 1. The van der Waals surface area contributed by atoms with E-state index in [-0.39, 0.29) is 17.1 Å². The van der Waals surface area contributed by atoms with Crippen LogP contribution in [0.15, 0.2) is 89.8 Å². The zero-order chi connectivity index (χ0) is 19.5. The first-order valence-corrected chi connectivity index (χ1v) is 10.3. The summed E-state index contributed by atoms with van der Waals surface area (Å²) in [6.45, 7) is 3.55. The molecule has 1 atom stereocenters. The molecule has 3 nitrogen and oxygen atoms in total. The molecule has 3 rings (SSSR count). The summed E-state index contributed by atoms with van der Waals surface area (Å²) in [6, 6.07) is 24.6. The lowest BCUT2D eigenvalue weighted by atomic mass is 9.92. The Hall–Kier alpha value is -2.72. The lowest BCUT2D eigenvalue weighted by Gasteiger charge is -2.29. The van der Waals surface area contributed by atoms with Gasteiger partial charge in [-0.15, -0.1) is 0 Å². The van der Waals surface area contributed by atoms with E-state index in [1.807, 2.05) is 19.1 Å². The van der Waals surface area contributed by atoms with E-state index in [1.54, 1.807) is 79.7 Å². The highest BCUT2D eigenvalue weighted by molar-refractivity contribution is 7.92. The van der Waals surface area contributed by atoms with Crippen LogP contribution in [0.2, 0.25) is 0 Å². The number of Topliss-reactive ketones (excluding diaryl/α,β-unsaturated/α-hetero) is 1. The summed E-state index contributed by atoms with van der Waals surface area (Å²) < 4.78 is 25.8. The van der Waals surface area contributed by atoms with Crippen LogP contribution in [0.4, 0.5) is 0 Å². The maximum absolute atomic E-state index is 13.6. The summed E-state index contributed by atoms with van der Waals surface area (Å²) >= 11 is 0. The Morgan fingerprint density at radius 2 is 1.33 bits per heavy atom. The monoisotopic (exact) mass is 378 g/mol. The molecule has 3 aromatic carbocycles. The average molecular weight is 378 g/mol. The minimum Gasteiger partial charge on any atom is -0.294 e. The number of benzene rings is 3. The van der Waals surface area contributed by atoms with Crippen molar-refractivity contribution in [1.29, 1.82) is 0 Å². The Morgan fingerprint density at radius 1 is 0.815 bits per heavy atom. The lowest BCUT2D eigenvalue weighted by Crippen LogP contribution is -2.35. The second-order valence-electron chi connectivity index (χ2n) is 6.88. The van der Waals surface area contributed by atoms with Gasteiger partial charge in [0.15, 0.2) is 15.6 Å². The molecular weight excluding hydrogens is 356 g/mol. The van der Waals surface area contributed by atoms with Crippen LogP contribution in [-0.2, 0) is 14.6 Å². The molecular formula is C23H22O3S. The Bertz CT molecular complexity index is 1020. The minimum atomic E-state index is -3.79. The lowest BCUT2D eigenvalue weighted by molar-refractivity contribution is 0.0968. The SMILES string of the molecule is Cc1ccc(S(=O)(=O)C(C)(CC(=O)c2ccccc2)c2ccccc2)cc1. The van der Waals surface area contributed by atoms with Crippen LogP contribution in [-0.4, -0.2) is 14.2 Å². The first-order valence-electron chi connectivity index (χ1n) is 8.80. The number of carbonyl (C=O) groups is 1. The normalized spacial score (nSPS) is 13.7. The summed E-state index contributed by atoms with van der Waals surface area (Å²) in [7, 11) is -3.79. The summed E-state index contributed by atoms with van der Waals surface area (Å²) in [5, 5.41) is 0. The van der Waals surface area contributed by atoms with Gasteiger partial charge < -0.3 is 0 Å². The van der Waals surface area contributed by atoms with Gasteiger partial charge >= 0.3 is 0 Å². The number of carbonyl (C=O) groups excluding carboxylic acids is 1. The largest absolute Gasteiger partial charge is 0.294 e. The molecule has 0 N–H and O–H groups in total. The Labute approximate surface area is 160 Å². The van der Waals surface area contributed by atoms with E-state index in [4.69, 9.17) is 0 Å². The molecule has 138 valence electrons. The number of aryl methyl sites for hydroxylation is 1. The van der Waals surface area contributed by atoms with E-state index < -0.39 is 14.6 Å². The summed E-state index contributed by atoms with van der Waals surface area (Å²) in [4.78, 5) is 13.1. The molecule has 0 radical (unpaired) electrons. The molecule has 4 heteroatoms. The highest BCUT2D eigenvalue weighted by Crippen LogP contribution is 2.39. The quantitative estimate of drug-likeness (QED) is 0.570. The molecule has 0 saturated carbocycles. The second kappa shape index (κ2) is 7.49. The standard InChI is InChI=1S/C23H22O3S/c1-18-13-15-21(16-14-18)27(25,26)23(2,20-11-7-4-8-12-20)17-22(24)19-9-5-3-6-10-19/h3-16H,17H2,1-2H3. The van der Waals surface area contributed by atoms with E-state index in [0.29, 0.717) is 11.1 Å². The molecule has 0 spiro atoms. The minimum absolute atomic E-state index is 0.128. The fourth-order valence-corrected chi connectivity index (χ4v) is 4.94. The maximum atomic E-state index is 13.6. The topological polar surface area (TPSA) is 51.2 Å². The zero-order valence-electron chi connectivity index (χ0n) is 15.4. The van der Waals surface area contributed by atoms with Crippen LogP contribution in [0.3, 0.4) is 0 Å². The number of hydrogen-bond donors (Lipinski definition) is 0. The highest BCUT2D eigenvalue weighted by atomic mass is 32.2. The molecule has 0 saturated heterocycles. The van der Waals surface area contributed by atoms with Crippen molar-refractivity contribution < 1.29 is 13.2 Å². The number of rotatable bonds is 6. The Balaban J connectivity index is 2.11. The second-order valence-corrected chi connectivity index (χ2v) is 9.26. The van der Waals surface area contributed by atoms with E-state index in [9.17, 15) is 13.2 Å². The first kappa shape index (κ1) is 19.1. The number of sulfone groups is 1. The zero-order valence-corrected chi connectivity index (χ0v) is 16.2. The summed E-state index contributed by atoms with van der Waals surface area (Å²) in [5.41, 5.74) is 2.10. The van der Waals surface area contributed by atoms with Crippen molar-refractivity contribution in [2.24, 2.45) is 0 Å². The Morgan fingerprint density at radius 3 is 1.89 bits per heavy atom. The fraction of sp³-hybridized carbons (Fsp3) is 0.174. The molecule has 0 fully saturated rings. The first-order chi connectivity index (χ1) is 12.8. The average Bonchev–Trinajstić information content (AvgIpc) is 2.69. The van der Waals surface area contributed by atoms with Crippen molar-refractivity contribution in [3.63, 3.8) is 0 Å². The van der Waals surface area contributed by atoms with Crippen LogP contribution in [0.5, 0.6) is 0 Å². The van der Waals surface area contributed by atoms with E-state index in [1.165, 1.54) is 0 Å². The predicted octanol–water partition coefficient (Wildman–Crippen LogP) is 4.96. The number of hydrogen-bond acceptors (Lipinski definition) is 3. The maximum Gasteiger partial charge on any atom is 0.188 e. The third kappa shape index (κ3) is 3.71. The summed E-state index contributed by atoms with van der Waals surface area (Å²) in [6.07, 6.45) is -0.128. The molecule has 0 aliphatic carbocycles. The molecule has 0 heterocycles. The predicted molar refractivity (Wildman–Crippen MR) is 108 cm³/mol. The highest BCUT2D eigenvalue weighted by Gasteiger charge is 2.43. The van der Waals surface area contributed by atoms with Gasteiger partial charge in [-0.05, 0) is 31.5 Å². The Kier molecular flexibility index (Phi) is 5.29. The van der Waals surface area contributed by atoms with Gasteiger partial charge in [-0.25, -0.2) is 8.42 Å². The smallest absolute Gasteiger partial charge is 0.188 e. The van der Waals surface area contributed by atoms with Gasteiger partial charge in [0.25, 0.3) is 0 Å². The molecule has 0 amide bonds. The van der Waals surface area contributed by atoms with Gasteiger partial charge in [-0.1, -0.05) is 78.4 Å². The fourth-order valence-electron chi connectivity index (χ4n) is 3.15. The van der Waals surface area contributed by atoms with E-state index in [2.05, 4.69) is 0 Å². The van der Waals surface area contributed by atoms with Crippen molar-refractivity contribution in [2.45, 2.75) is 29.9 Å². The molecule has 27 heavy (non-hydrogen) atoms. The van der Waals surface area contributed by atoms with E-state index in [0.717, 1.165) is 5.56 Å². The van der Waals surface area contributed by atoms with Crippen LogP contribution >= 0.6 is 0 Å². The van der Waals surface area contributed by atoms with Gasteiger partial charge in [0.1, 0.15) is 4.75 Å². The van der Waals surface area contributed by atoms with Crippen molar-refractivity contribution >= 4 is 15.6 Å². The molecule has 0 aliphatic heterocycles. The van der Waals surface area contributed by atoms with Crippen molar-refractivity contribution in [1.82, 2.24) is 0 Å². The van der Waals surface area contributed by atoms with Crippen LogP contribution in [0, 0.1) is 6.92 Å². The van der Waals surface area contributed by atoms with E-state index >= 15 is 0 Å². The molecule has 0 bridgehead atoms. The van der Waals surface area contributed by atoms with Crippen LogP contribution in [0.25, 0.3) is 0 Å². The molecule has 1 unspecified atom stereocenters.